The fraction of sp³-hybridized carbons (Fsp3) is 0.385. The number of carbonyl (C=O) groups is 1. The van der Waals surface area contributed by atoms with Gasteiger partial charge in [-0.2, -0.15) is 0 Å². The van der Waals surface area contributed by atoms with Crippen molar-refractivity contribution in [1.29, 1.82) is 0 Å². The lowest BCUT2D eigenvalue weighted by Crippen LogP contribution is -2.23. The monoisotopic (exact) mass is 248 g/mol. The molecule has 0 fully saturated rings. The van der Waals surface area contributed by atoms with Gasteiger partial charge in [0.15, 0.2) is 0 Å². The Balaban J connectivity index is 2.71. The quantitative estimate of drug-likeness (QED) is 0.874. The van der Waals surface area contributed by atoms with Gasteiger partial charge in [-0.05, 0) is 31.0 Å². The van der Waals surface area contributed by atoms with E-state index >= 15 is 0 Å². The molecule has 5 nitrogen and oxygen atoms in total. The van der Waals surface area contributed by atoms with Crippen LogP contribution in [0.1, 0.15) is 37.2 Å². The number of aromatic amines is 1. The number of fused-ring (bicyclic) bond motifs is 1. The van der Waals surface area contributed by atoms with Gasteiger partial charge in [0, 0.05) is 6.04 Å². The Morgan fingerprint density at radius 3 is 2.56 bits per heavy atom. The molecule has 96 valence electrons. The molecule has 5 heteroatoms. The summed E-state index contributed by atoms with van der Waals surface area (Å²) in [5.41, 5.74) is 1.29. The molecule has 2 N–H and O–H groups in total. The van der Waals surface area contributed by atoms with Crippen LogP contribution in [0.25, 0.3) is 11.0 Å². The van der Waals surface area contributed by atoms with E-state index in [9.17, 15) is 9.59 Å². The number of aromatic carboxylic acids is 1. The Kier molecular flexibility index (Phi) is 2.98. The average molecular weight is 248 g/mol. The van der Waals surface area contributed by atoms with Gasteiger partial charge in [0.1, 0.15) is 0 Å². The Morgan fingerprint density at radius 1 is 1.33 bits per heavy atom. The molecule has 2 rings (SSSR count). The van der Waals surface area contributed by atoms with Crippen LogP contribution in [0.15, 0.2) is 23.0 Å². The van der Waals surface area contributed by atoms with Crippen LogP contribution in [0.3, 0.4) is 0 Å². The summed E-state index contributed by atoms with van der Waals surface area (Å²) in [4.78, 5) is 25.6. The summed E-state index contributed by atoms with van der Waals surface area (Å²) in [6, 6.07) is 4.67. The maximum atomic E-state index is 11.9. The molecule has 1 aromatic heterocycles. The van der Waals surface area contributed by atoms with Gasteiger partial charge in [0.25, 0.3) is 0 Å². The summed E-state index contributed by atoms with van der Waals surface area (Å²) >= 11 is 0. The van der Waals surface area contributed by atoms with Crippen LogP contribution in [0.5, 0.6) is 0 Å². The van der Waals surface area contributed by atoms with E-state index in [2.05, 4.69) is 4.98 Å². The Labute approximate surface area is 104 Å². The molecule has 2 aromatic rings. The maximum Gasteiger partial charge on any atom is 0.335 e. The number of imidazole rings is 1. The first-order valence-corrected chi connectivity index (χ1v) is 5.89. The van der Waals surface area contributed by atoms with Crippen LogP contribution in [0.4, 0.5) is 0 Å². The predicted molar refractivity (Wildman–Crippen MR) is 69.1 cm³/mol. The van der Waals surface area contributed by atoms with Crippen molar-refractivity contribution in [2.45, 2.75) is 26.8 Å². The molecule has 0 radical (unpaired) electrons. The van der Waals surface area contributed by atoms with Crippen LogP contribution in [0.2, 0.25) is 0 Å². The van der Waals surface area contributed by atoms with Crippen molar-refractivity contribution in [2.75, 3.05) is 0 Å². The number of carboxylic acid groups (broad SMARTS) is 1. The first-order chi connectivity index (χ1) is 8.41. The molecule has 1 aromatic carbocycles. The highest BCUT2D eigenvalue weighted by atomic mass is 16.4. The molecule has 0 aliphatic heterocycles. The maximum absolute atomic E-state index is 11.9. The van der Waals surface area contributed by atoms with Gasteiger partial charge in [-0.1, -0.05) is 13.8 Å². The lowest BCUT2D eigenvalue weighted by atomic mass is 10.1. The highest BCUT2D eigenvalue weighted by Gasteiger charge is 2.17. The number of hydrogen-bond acceptors (Lipinski definition) is 2. The van der Waals surface area contributed by atoms with E-state index < -0.39 is 5.97 Å². The molecule has 1 heterocycles. The molecule has 0 aliphatic carbocycles. The molecule has 1 unspecified atom stereocenters. The fourth-order valence-electron chi connectivity index (χ4n) is 1.96. The van der Waals surface area contributed by atoms with E-state index in [0.29, 0.717) is 11.0 Å². The number of hydrogen-bond donors (Lipinski definition) is 2. The van der Waals surface area contributed by atoms with Gasteiger partial charge in [-0.3, -0.25) is 4.57 Å². The first-order valence-electron chi connectivity index (χ1n) is 5.89. The molecular weight excluding hydrogens is 232 g/mol. The van der Waals surface area contributed by atoms with Gasteiger partial charge < -0.3 is 10.1 Å². The highest BCUT2D eigenvalue weighted by molar-refractivity contribution is 5.92. The summed E-state index contributed by atoms with van der Waals surface area (Å²) in [5.74, 6) is -0.704. The van der Waals surface area contributed by atoms with Crippen LogP contribution in [0, 0.1) is 5.92 Å². The van der Waals surface area contributed by atoms with E-state index in [1.54, 1.807) is 10.6 Å². The highest BCUT2D eigenvalue weighted by Crippen LogP contribution is 2.21. The summed E-state index contributed by atoms with van der Waals surface area (Å²) < 4.78 is 1.62. The van der Waals surface area contributed by atoms with Gasteiger partial charge in [-0.15, -0.1) is 0 Å². The molecule has 0 spiro atoms. The Bertz CT molecular complexity index is 652. The van der Waals surface area contributed by atoms with Gasteiger partial charge in [0.05, 0.1) is 16.6 Å². The minimum Gasteiger partial charge on any atom is -0.478 e. The van der Waals surface area contributed by atoms with E-state index in [0.717, 1.165) is 0 Å². The fourth-order valence-corrected chi connectivity index (χ4v) is 1.96. The van der Waals surface area contributed by atoms with Crippen molar-refractivity contribution in [2.24, 2.45) is 5.92 Å². The van der Waals surface area contributed by atoms with Crippen LogP contribution < -0.4 is 5.69 Å². The molecule has 1 atom stereocenters. The van der Waals surface area contributed by atoms with Gasteiger partial charge >= 0.3 is 11.7 Å². The number of benzene rings is 1. The number of H-pyrrole nitrogens is 1. The summed E-state index contributed by atoms with van der Waals surface area (Å²) in [7, 11) is 0. The number of aromatic nitrogens is 2. The topological polar surface area (TPSA) is 75.1 Å². The van der Waals surface area contributed by atoms with E-state index in [4.69, 9.17) is 5.11 Å². The zero-order chi connectivity index (χ0) is 13.4. The second-order valence-electron chi connectivity index (χ2n) is 4.82. The zero-order valence-electron chi connectivity index (χ0n) is 10.6. The van der Waals surface area contributed by atoms with Crippen molar-refractivity contribution in [1.82, 2.24) is 9.55 Å². The lowest BCUT2D eigenvalue weighted by Gasteiger charge is -2.17. The minimum atomic E-state index is -0.991. The Morgan fingerprint density at radius 2 is 2.00 bits per heavy atom. The first kappa shape index (κ1) is 12.4. The third-order valence-electron chi connectivity index (χ3n) is 3.34. The largest absolute Gasteiger partial charge is 0.478 e. The molecule has 0 saturated heterocycles. The predicted octanol–water partition coefficient (Wildman–Crippen LogP) is 2.24. The second kappa shape index (κ2) is 4.33. The van der Waals surface area contributed by atoms with E-state index in [1.807, 2.05) is 20.8 Å². The lowest BCUT2D eigenvalue weighted by molar-refractivity contribution is 0.0697. The van der Waals surface area contributed by atoms with Crippen LogP contribution >= 0.6 is 0 Å². The third kappa shape index (κ3) is 1.92. The summed E-state index contributed by atoms with van der Waals surface area (Å²) in [5, 5.41) is 8.99. The number of rotatable bonds is 3. The molecule has 0 saturated carbocycles. The minimum absolute atomic E-state index is 0.00953. The molecule has 0 bridgehead atoms. The van der Waals surface area contributed by atoms with Crippen molar-refractivity contribution in [3.8, 4) is 0 Å². The summed E-state index contributed by atoms with van der Waals surface area (Å²) in [6.07, 6.45) is 0. The normalized spacial score (nSPS) is 13.1. The second-order valence-corrected chi connectivity index (χ2v) is 4.82. The SMILES string of the molecule is CC(C)C(C)n1c(=O)[nH]c2ccc(C(=O)O)cc21. The van der Waals surface area contributed by atoms with Gasteiger partial charge in [-0.25, -0.2) is 9.59 Å². The van der Waals surface area contributed by atoms with Crippen LogP contribution in [-0.4, -0.2) is 20.6 Å². The van der Waals surface area contributed by atoms with E-state index in [1.165, 1.54) is 12.1 Å². The third-order valence-corrected chi connectivity index (χ3v) is 3.34. The molecule has 18 heavy (non-hydrogen) atoms. The Hall–Kier alpha value is -2.04. The van der Waals surface area contributed by atoms with Crippen molar-refractivity contribution in [3.63, 3.8) is 0 Å². The molecular formula is C13H16N2O3. The molecule has 0 amide bonds. The van der Waals surface area contributed by atoms with Crippen molar-refractivity contribution >= 4 is 17.0 Å². The van der Waals surface area contributed by atoms with Crippen molar-refractivity contribution < 1.29 is 9.90 Å². The number of nitrogens with zero attached hydrogens (tertiary/aromatic N) is 1. The molecule has 0 aliphatic rings. The number of carboxylic acids is 1. The van der Waals surface area contributed by atoms with Crippen molar-refractivity contribution in [3.05, 3.63) is 34.2 Å². The number of nitrogens with one attached hydrogen (secondary N) is 1. The smallest absolute Gasteiger partial charge is 0.335 e. The van der Waals surface area contributed by atoms with Crippen LogP contribution in [-0.2, 0) is 0 Å². The average Bonchev–Trinajstić information content (AvgIpc) is 2.62. The zero-order valence-corrected chi connectivity index (χ0v) is 10.6. The summed E-state index contributed by atoms with van der Waals surface area (Å²) in [6.45, 7) is 6.00. The van der Waals surface area contributed by atoms with Gasteiger partial charge in [0.2, 0.25) is 0 Å². The van der Waals surface area contributed by atoms with E-state index in [-0.39, 0.29) is 23.2 Å². The standard InChI is InChI=1S/C13H16N2O3/c1-7(2)8(3)15-11-6-9(12(16)17)4-5-10(11)14-13(15)18/h4-8H,1-3H3,(H,14,18)(H,16,17).